The molecule has 0 saturated carbocycles. The van der Waals surface area contributed by atoms with E-state index in [1.165, 1.54) is 6.20 Å². The van der Waals surface area contributed by atoms with Crippen molar-refractivity contribution in [3.63, 3.8) is 0 Å². The maximum absolute atomic E-state index is 12.3. The number of benzene rings is 1. The minimum absolute atomic E-state index is 0.0747. The summed E-state index contributed by atoms with van der Waals surface area (Å²) in [5.74, 6) is 0. The van der Waals surface area contributed by atoms with Crippen LogP contribution in [0.25, 0.3) is 16.7 Å². The van der Waals surface area contributed by atoms with Crippen molar-refractivity contribution in [2.75, 3.05) is 0 Å². The van der Waals surface area contributed by atoms with Crippen molar-refractivity contribution in [3.8, 4) is 5.69 Å². The summed E-state index contributed by atoms with van der Waals surface area (Å²) in [4.78, 5) is 12.3. The molecular formula is C14H15N5O2. The van der Waals surface area contributed by atoms with Crippen molar-refractivity contribution in [1.82, 2.24) is 24.8 Å². The molecule has 0 fully saturated rings. The SMILES string of the molecule is CC(C)(O)Cn1nnc2c(cnn2-c2ccccc2)c1=O. The Bertz CT molecular complexity index is 830. The lowest BCUT2D eigenvalue weighted by molar-refractivity contribution is 0.0553. The number of nitrogens with zero attached hydrogens (tertiary/aromatic N) is 5. The van der Waals surface area contributed by atoms with Gasteiger partial charge in [-0.1, -0.05) is 23.4 Å². The lowest BCUT2D eigenvalue weighted by atomic mass is 10.1. The average molecular weight is 285 g/mol. The topological polar surface area (TPSA) is 85.8 Å². The molecule has 21 heavy (non-hydrogen) atoms. The fourth-order valence-corrected chi connectivity index (χ4v) is 2.09. The van der Waals surface area contributed by atoms with E-state index in [1.807, 2.05) is 30.3 Å². The van der Waals surface area contributed by atoms with Crippen LogP contribution in [0.15, 0.2) is 41.3 Å². The number of hydrogen-bond donors (Lipinski definition) is 1. The second-order valence-corrected chi connectivity index (χ2v) is 5.49. The Morgan fingerprint density at radius 3 is 2.62 bits per heavy atom. The van der Waals surface area contributed by atoms with Crippen molar-refractivity contribution in [1.29, 1.82) is 0 Å². The van der Waals surface area contributed by atoms with Gasteiger partial charge in [0, 0.05) is 0 Å². The van der Waals surface area contributed by atoms with E-state index < -0.39 is 5.60 Å². The molecule has 3 aromatic rings. The Balaban J connectivity index is 2.14. The van der Waals surface area contributed by atoms with Crippen LogP contribution in [0.2, 0.25) is 0 Å². The van der Waals surface area contributed by atoms with E-state index in [0.717, 1.165) is 10.4 Å². The Kier molecular flexibility index (Phi) is 3.06. The average Bonchev–Trinajstić information content (AvgIpc) is 2.86. The summed E-state index contributed by atoms with van der Waals surface area (Å²) in [5.41, 5.74) is -0.148. The third-order valence-corrected chi connectivity index (χ3v) is 2.99. The molecular weight excluding hydrogens is 270 g/mol. The highest BCUT2D eigenvalue weighted by atomic mass is 16.3. The van der Waals surface area contributed by atoms with Gasteiger partial charge >= 0.3 is 0 Å². The summed E-state index contributed by atoms with van der Waals surface area (Å²) in [6, 6.07) is 9.40. The quantitative estimate of drug-likeness (QED) is 0.767. The molecule has 0 atom stereocenters. The minimum atomic E-state index is -1.04. The highest BCUT2D eigenvalue weighted by molar-refractivity contribution is 5.74. The zero-order valence-corrected chi connectivity index (χ0v) is 11.8. The molecule has 108 valence electrons. The summed E-state index contributed by atoms with van der Waals surface area (Å²) in [6.45, 7) is 3.29. The molecule has 0 unspecified atom stereocenters. The Hall–Kier alpha value is -2.54. The van der Waals surface area contributed by atoms with Gasteiger partial charge in [-0.25, -0.2) is 9.36 Å². The second kappa shape index (κ2) is 4.78. The highest BCUT2D eigenvalue weighted by Crippen LogP contribution is 2.12. The fraction of sp³-hybridized carbons (Fsp3) is 0.286. The van der Waals surface area contributed by atoms with Crippen LogP contribution in [0.4, 0.5) is 0 Å². The molecule has 0 radical (unpaired) electrons. The summed E-state index contributed by atoms with van der Waals surface area (Å²) in [6.07, 6.45) is 1.47. The molecule has 1 N–H and O–H groups in total. The number of fused-ring (bicyclic) bond motifs is 1. The van der Waals surface area contributed by atoms with Crippen molar-refractivity contribution in [3.05, 3.63) is 46.9 Å². The smallest absolute Gasteiger partial charge is 0.280 e. The van der Waals surface area contributed by atoms with E-state index >= 15 is 0 Å². The molecule has 2 aromatic heterocycles. The second-order valence-electron chi connectivity index (χ2n) is 5.49. The number of rotatable bonds is 3. The monoisotopic (exact) mass is 285 g/mol. The number of hydrogen-bond acceptors (Lipinski definition) is 5. The van der Waals surface area contributed by atoms with E-state index in [0.29, 0.717) is 11.0 Å². The van der Waals surface area contributed by atoms with Gasteiger partial charge in [-0.2, -0.15) is 5.10 Å². The first-order valence-corrected chi connectivity index (χ1v) is 6.55. The Morgan fingerprint density at radius 2 is 1.95 bits per heavy atom. The lowest BCUT2D eigenvalue weighted by Gasteiger charge is -2.16. The molecule has 0 aliphatic rings. The van der Waals surface area contributed by atoms with E-state index in [4.69, 9.17) is 0 Å². The van der Waals surface area contributed by atoms with Crippen LogP contribution in [0.1, 0.15) is 13.8 Å². The standard InChI is InChI=1S/C14H15N5O2/c1-14(2,21)9-18-13(20)11-8-15-19(12(11)16-17-18)10-6-4-3-5-7-10/h3-8,21H,9H2,1-2H3. The molecule has 0 aliphatic carbocycles. The maximum Gasteiger partial charge on any atom is 0.280 e. The van der Waals surface area contributed by atoms with Crippen LogP contribution >= 0.6 is 0 Å². The Labute approximate surface area is 120 Å². The van der Waals surface area contributed by atoms with E-state index in [9.17, 15) is 9.90 Å². The summed E-state index contributed by atoms with van der Waals surface area (Å²) in [5, 5.41) is 22.3. The van der Waals surface area contributed by atoms with Gasteiger partial charge in [0.2, 0.25) is 0 Å². The molecule has 3 rings (SSSR count). The third kappa shape index (κ3) is 2.55. The molecule has 0 aliphatic heterocycles. The molecule has 0 bridgehead atoms. The Morgan fingerprint density at radius 1 is 1.24 bits per heavy atom. The van der Waals surface area contributed by atoms with Gasteiger partial charge in [-0.05, 0) is 26.0 Å². The first kappa shape index (κ1) is 13.4. The zero-order valence-electron chi connectivity index (χ0n) is 11.8. The van der Waals surface area contributed by atoms with Gasteiger partial charge in [-0.15, -0.1) is 5.10 Å². The third-order valence-electron chi connectivity index (χ3n) is 2.99. The van der Waals surface area contributed by atoms with Crippen molar-refractivity contribution >= 4 is 11.0 Å². The largest absolute Gasteiger partial charge is 0.389 e. The van der Waals surface area contributed by atoms with Crippen LogP contribution in [0, 0.1) is 0 Å². The number of aromatic nitrogens is 5. The molecule has 0 amide bonds. The van der Waals surface area contributed by atoms with Crippen molar-refractivity contribution in [2.45, 2.75) is 26.0 Å². The van der Waals surface area contributed by atoms with Gasteiger partial charge in [0.15, 0.2) is 5.65 Å². The summed E-state index contributed by atoms with van der Waals surface area (Å²) >= 11 is 0. The van der Waals surface area contributed by atoms with Gasteiger partial charge in [0.25, 0.3) is 5.56 Å². The maximum atomic E-state index is 12.3. The van der Waals surface area contributed by atoms with Crippen molar-refractivity contribution < 1.29 is 5.11 Å². The van der Waals surface area contributed by atoms with Crippen LogP contribution in [0.3, 0.4) is 0 Å². The van der Waals surface area contributed by atoms with E-state index in [-0.39, 0.29) is 12.1 Å². The summed E-state index contributed by atoms with van der Waals surface area (Å²) < 4.78 is 2.72. The zero-order chi connectivity index (χ0) is 15.0. The lowest BCUT2D eigenvalue weighted by Crippen LogP contribution is -2.34. The first-order valence-electron chi connectivity index (χ1n) is 6.55. The molecule has 7 heteroatoms. The van der Waals surface area contributed by atoms with Gasteiger partial charge in [0.1, 0.15) is 5.39 Å². The fourth-order valence-electron chi connectivity index (χ4n) is 2.09. The number of aliphatic hydroxyl groups is 1. The van der Waals surface area contributed by atoms with Gasteiger partial charge < -0.3 is 5.11 Å². The van der Waals surface area contributed by atoms with Crippen LogP contribution in [-0.2, 0) is 6.54 Å². The molecule has 7 nitrogen and oxygen atoms in total. The predicted molar refractivity (Wildman–Crippen MR) is 77.2 cm³/mol. The van der Waals surface area contributed by atoms with E-state index in [2.05, 4.69) is 15.4 Å². The molecule has 0 saturated heterocycles. The van der Waals surface area contributed by atoms with Gasteiger partial charge in [-0.3, -0.25) is 4.79 Å². The van der Waals surface area contributed by atoms with E-state index in [1.54, 1.807) is 18.5 Å². The molecule has 1 aromatic carbocycles. The first-order chi connectivity index (χ1) is 9.96. The minimum Gasteiger partial charge on any atom is -0.389 e. The highest BCUT2D eigenvalue weighted by Gasteiger charge is 2.18. The van der Waals surface area contributed by atoms with Gasteiger partial charge in [0.05, 0.1) is 24.0 Å². The summed E-state index contributed by atoms with van der Waals surface area (Å²) in [7, 11) is 0. The normalized spacial score (nSPS) is 12.0. The molecule has 2 heterocycles. The number of para-hydroxylation sites is 1. The predicted octanol–water partition coefficient (Wildman–Crippen LogP) is 0.748. The van der Waals surface area contributed by atoms with Crippen LogP contribution in [0.5, 0.6) is 0 Å². The molecule has 0 spiro atoms. The van der Waals surface area contributed by atoms with Crippen molar-refractivity contribution in [2.24, 2.45) is 0 Å². The van der Waals surface area contributed by atoms with Crippen LogP contribution in [-0.4, -0.2) is 35.5 Å². The van der Waals surface area contributed by atoms with Crippen LogP contribution < -0.4 is 5.56 Å².